The lowest BCUT2D eigenvalue weighted by Crippen LogP contribution is -2.27. The lowest BCUT2D eigenvalue weighted by Gasteiger charge is -2.32. The van der Waals surface area contributed by atoms with E-state index in [0.29, 0.717) is 6.54 Å². The van der Waals surface area contributed by atoms with Crippen molar-refractivity contribution in [2.45, 2.75) is 12.8 Å². The molecule has 0 fully saturated rings. The lowest BCUT2D eigenvalue weighted by molar-refractivity contribution is 0.0697. The molecule has 2 aromatic carbocycles. The van der Waals surface area contributed by atoms with Crippen LogP contribution in [-0.4, -0.2) is 17.6 Å². The minimum Gasteiger partial charge on any atom is -0.478 e. The molecule has 102 valence electrons. The molecule has 4 heteroatoms. The van der Waals surface area contributed by atoms with Gasteiger partial charge < -0.3 is 10.0 Å². The van der Waals surface area contributed by atoms with E-state index in [1.54, 1.807) is 4.90 Å². The smallest absolute Gasteiger partial charge is 0.337 e. The molecule has 0 saturated heterocycles. The second-order valence-corrected chi connectivity index (χ2v) is 4.83. The number of aromatic carboxylic acids is 1. The first-order valence-corrected chi connectivity index (χ1v) is 6.56. The van der Waals surface area contributed by atoms with Gasteiger partial charge in [0.15, 0.2) is 0 Å². The average molecular weight is 271 g/mol. The lowest BCUT2D eigenvalue weighted by atomic mass is 10.00. The molecule has 1 N–H and O–H groups in total. The van der Waals surface area contributed by atoms with Crippen molar-refractivity contribution in [3.05, 3.63) is 59.4 Å². The molecule has 0 atom stereocenters. The highest BCUT2D eigenvalue weighted by molar-refractivity contribution is 5.96. The second kappa shape index (κ2) is 4.96. The van der Waals surface area contributed by atoms with Crippen LogP contribution >= 0.6 is 0 Å². The number of hydrogen-bond donors (Lipinski definition) is 1. The van der Waals surface area contributed by atoms with E-state index in [9.17, 15) is 14.3 Å². The fraction of sp³-hybridized carbons (Fsp3) is 0.188. The molecule has 0 bridgehead atoms. The Labute approximate surface area is 116 Å². The van der Waals surface area contributed by atoms with Gasteiger partial charge in [0.1, 0.15) is 5.82 Å². The molecule has 0 aromatic heterocycles. The van der Waals surface area contributed by atoms with E-state index in [0.717, 1.165) is 24.1 Å². The summed E-state index contributed by atoms with van der Waals surface area (Å²) in [5, 5.41) is 9.28. The predicted molar refractivity (Wildman–Crippen MR) is 75.1 cm³/mol. The van der Waals surface area contributed by atoms with Crippen LogP contribution in [0.4, 0.5) is 15.8 Å². The summed E-state index contributed by atoms with van der Waals surface area (Å²) >= 11 is 0. The highest BCUT2D eigenvalue weighted by Crippen LogP contribution is 2.36. The SMILES string of the molecule is O=C(O)c1cccc(F)c1N1CCCc2ccccc21. The highest BCUT2D eigenvalue weighted by atomic mass is 19.1. The van der Waals surface area contributed by atoms with E-state index < -0.39 is 11.8 Å². The molecule has 0 saturated carbocycles. The van der Waals surface area contributed by atoms with Gasteiger partial charge in [-0.2, -0.15) is 0 Å². The summed E-state index contributed by atoms with van der Waals surface area (Å²) in [4.78, 5) is 13.1. The van der Waals surface area contributed by atoms with E-state index in [-0.39, 0.29) is 11.3 Å². The molecular weight excluding hydrogens is 257 g/mol. The molecule has 0 amide bonds. The van der Waals surface area contributed by atoms with Crippen molar-refractivity contribution < 1.29 is 14.3 Å². The molecular formula is C16H14FNO2. The molecule has 0 aliphatic carbocycles. The van der Waals surface area contributed by atoms with Gasteiger partial charge in [0.25, 0.3) is 0 Å². The van der Waals surface area contributed by atoms with E-state index in [2.05, 4.69) is 0 Å². The van der Waals surface area contributed by atoms with Crippen molar-refractivity contribution in [2.24, 2.45) is 0 Å². The molecule has 1 aliphatic heterocycles. The molecule has 3 nitrogen and oxygen atoms in total. The molecule has 2 aromatic rings. The van der Waals surface area contributed by atoms with Crippen LogP contribution < -0.4 is 4.90 Å². The highest BCUT2D eigenvalue weighted by Gasteiger charge is 2.25. The van der Waals surface area contributed by atoms with E-state index in [1.807, 2.05) is 24.3 Å². The molecule has 1 heterocycles. The first-order valence-electron chi connectivity index (χ1n) is 6.56. The molecule has 1 aliphatic rings. The maximum absolute atomic E-state index is 14.2. The van der Waals surface area contributed by atoms with Crippen LogP contribution in [0.1, 0.15) is 22.3 Å². The number of anilines is 2. The number of carboxylic acids is 1. The quantitative estimate of drug-likeness (QED) is 0.907. The summed E-state index contributed by atoms with van der Waals surface area (Å²) in [6.45, 7) is 0.623. The Morgan fingerprint density at radius 3 is 2.75 bits per heavy atom. The summed E-state index contributed by atoms with van der Waals surface area (Å²) in [5.41, 5.74) is 2.18. The van der Waals surface area contributed by atoms with Gasteiger partial charge in [0, 0.05) is 12.2 Å². The number of rotatable bonds is 2. The van der Waals surface area contributed by atoms with E-state index >= 15 is 0 Å². The Bertz CT molecular complexity index is 669. The van der Waals surface area contributed by atoms with Gasteiger partial charge in [-0.15, -0.1) is 0 Å². The van der Waals surface area contributed by atoms with Gasteiger partial charge in [-0.05, 0) is 36.6 Å². The van der Waals surface area contributed by atoms with Gasteiger partial charge in [0.2, 0.25) is 0 Å². The van der Waals surface area contributed by atoms with Crippen LogP contribution in [0, 0.1) is 5.82 Å². The van der Waals surface area contributed by atoms with E-state index in [4.69, 9.17) is 0 Å². The third kappa shape index (κ3) is 2.03. The fourth-order valence-corrected chi connectivity index (χ4v) is 2.73. The largest absolute Gasteiger partial charge is 0.478 e. The summed E-state index contributed by atoms with van der Waals surface area (Å²) in [7, 11) is 0. The number of halogens is 1. The molecule has 3 rings (SSSR count). The summed E-state index contributed by atoms with van der Waals surface area (Å²) in [6.07, 6.45) is 1.81. The second-order valence-electron chi connectivity index (χ2n) is 4.83. The van der Waals surface area contributed by atoms with Crippen LogP contribution in [0.3, 0.4) is 0 Å². The van der Waals surface area contributed by atoms with Gasteiger partial charge >= 0.3 is 5.97 Å². The van der Waals surface area contributed by atoms with Crippen molar-refractivity contribution >= 4 is 17.3 Å². The Kier molecular flexibility index (Phi) is 3.14. The zero-order chi connectivity index (χ0) is 14.1. The van der Waals surface area contributed by atoms with Gasteiger partial charge in [-0.1, -0.05) is 24.3 Å². The standard InChI is InChI=1S/C16H14FNO2/c17-13-8-3-7-12(16(19)20)15(13)18-10-4-6-11-5-1-2-9-14(11)18/h1-3,5,7-9H,4,6,10H2,(H,19,20). The summed E-state index contributed by atoms with van der Waals surface area (Å²) < 4.78 is 14.2. The first-order chi connectivity index (χ1) is 9.68. The minimum atomic E-state index is -1.11. The Morgan fingerprint density at radius 1 is 1.15 bits per heavy atom. The van der Waals surface area contributed by atoms with Crippen molar-refractivity contribution in [1.29, 1.82) is 0 Å². The minimum absolute atomic E-state index is 0.00158. The molecule has 0 radical (unpaired) electrons. The van der Waals surface area contributed by atoms with Crippen LogP contribution in [0.2, 0.25) is 0 Å². The van der Waals surface area contributed by atoms with Crippen molar-refractivity contribution in [3.63, 3.8) is 0 Å². The third-order valence-corrected chi connectivity index (χ3v) is 3.60. The van der Waals surface area contributed by atoms with Crippen LogP contribution in [0.25, 0.3) is 0 Å². The number of benzene rings is 2. The maximum Gasteiger partial charge on any atom is 0.337 e. The van der Waals surface area contributed by atoms with Gasteiger partial charge in [-0.25, -0.2) is 9.18 Å². The van der Waals surface area contributed by atoms with Gasteiger partial charge in [-0.3, -0.25) is 0 Å². The van der Waals surface area contributed by atoms with Crippen LogP contribution in [-0.2, 0) is 6.42 Å². The number of fused-ring (bicyclic) bond motifs is 1. The molecule has 20 heavy (non-hydrogen) atoms. The number of para-hydroxylation sites is 2. The predicted octanol–water partition coefficient (Wildman–Crippen LogP) is 3.61. The Balaban J connectivity index is 2.18. The number of hydrogen-bond acceptors (Lipinski definition) is 2. The fourth-order valence-electron chi connectivity index (χ4n) is 2.73. The molecule has 0 unspecified atom stereocenters. The number of carbonyl (C=O) groups is 1. The maximum atomic E-state index is 14.2. The topological polar surface area (TPSA) is 40.5 Å². The Morgan fingerprint density at radius 2 is 1.95 bits per heavy atom. The van der Waals surface area contributed by atoms with Gasteiger partial charge in [0.05, 0.1) is 11.3 Å². The van der Waals surface area contributed by atoms with Crippen LogP contribution in [0.5, 0.6) is 0 Å². The van der Waals surface area contributed by atoms with Crippen molar-refractivity contribution in [2.75, 3.05) is 11.4 Å². The normalized spacial score (nSPS) is 13.9. The summed E-state index contributed by atoms with van der Waals surface area (Å²) in [6, 6.07) is 11.9. The zero-order valence-corrected chi connectivity index (χ0v) is 10.8. The number of nitrogens with zero attached hydrogens (tertiary/aromatic N) is 1. The first kappa shape index (κ1) is 12.7. The third-order valence-electron chi connectivity index (χ3n) is 3.60. The van der Waals surface area contributed by atoms with E-state index in [1.165, 1.54) is 18.2 Å². The van der Waals surface area contributed by atoms with Crippen LogP contribution in [0.15, 0.2) is 42.5 Å². The average Bonchev–Trinajstić information content (AvgIpc) is 2.46. The van der Waals surface area contributed by atoms with Crippen molar-refractivity contribution in [3.8, 4) is 0 Å². The number of carboxylic acid groups (broad SMARTS) is 1. The molecule has 0 spiro atoms. The summed E-state index contributed by atoms with van der Waals surface area (Å²) in [5.74, 6) is -1.61. The van der Waals surface area contributed by atoms with Crippen molar-refractivity contribution in [1.82, 2.24) is 0 Å². The zero-order valence-electron chi connectivity index (χ0n) is 10.8. The number of aryl methyl sites for hydroxylation is 1. The monoisotopic (exact) mass is 271 g/mol. The Hall–Kier alpha value is -2.36.